The third-order valence-electron chi connectivity index (χ3n) is 3.34. The number of benzene rings is 1. The van der Waals surface area contributed by atoms with Gasteiger partial charge in [0.2, 0.25) is 0 Å². The molecule has 1 aliphatic heterocycles. The van der Waals surface area contributed by atoms with Crippen LogP contribution in [0.1, 0.15) is 19.4 Å². The van der Waals surface area contributed by atoms with Crippen LogP contribution in [0.5, 0.6) is 0 Å². The van der Waals surface area contributed by atoms with Gasteiger partial charge in [0.05, 0.1) is 11.7 Å². The number of nitrogens with zero attached hydrogens (tertiary/aromatic N) is 3. The van der Waals surface area contributed by atoms with Crippen LogP contribution in [0.25, 0.3) is 5.69 Å². The number of aromatic nitrogens is 3. The second-order valence-electron chi connectivity index (χ2n) is 4.63. The van der Waals surface area contributed by atoms with E-state index in [1.165, 1.54) is 9.36 Å². The molecule has 0 N–H and O–H groups in total. The zero-order valence-electron chi connectivity index (χ0n) is 10.1. The first-order valence-corrected chi connectivity index (χ1v) is 6.65. The van der Waals surface area contributed by atoms with Crippen molar-refractivity contribution in [3.8, 4) is 5.69 Å². The van der Waals surface area contributed by atoms with Crippen molar-refractivity contribution >= 4 is 23.2 Å². The monoisotopic (exact) mass is 299 g/mol. The summed E-state index contributed by atoms with van der Waals surface area (Å²) in [7, 11) is 0. The number of fused-ring (bicyclic) bond motifs is 1. The van der Waals surface area contributed by atoms with Crippen molar-refractivity contribution in [3.05, 3.63) is 49.2 Å². The smallest absolute Gasteiger partial charge is 0.246 e. The first-order chi connectivity index (χ1) is 8.99. The summed E-state index contributed by atoms with van der Waals surface area (Å²) in [6.45, 7) is 2.47. The van der Waals surface area contributed by atoms with Gasteiger partial charge >= 0.3 is 11.4 Å². The molecule has 0 spiro atoms. The minimum Gasteiger partial charge on any atom is -0.246 e. The Labute approximate surface area is 118 Å². The van der Waals surface area contributed by atoms with Crippen LogP contribution in [0, 0.1) is 0 Å². The van der Waals surface area contributed by atoms with Crippen molar-refractivity contribution in [2.75, 3.05) is 0 Å². The fourth-order valence-corrected chi connectivity index (χ4v) is 2.96. The quantitative estimate of drug-likeness (QED) is 0.809. The summed E-state index contributed by atoms with van der Waals surface area (Å²) < 4.78 is 4.05. The average Bonchev–Trinajstić information content (AvgIpc) is 2.80. The van der Waals surface area contributed by atoms with Crippen LogP contribution in [-0.4, -0.2) is 13.9 Å². The Balaban J connectivity index is 2.31. The van der Waals surface area contributed by atoms with E-state index in [0.29, 0.717) is 22.3 Å². The summed E-state index contributed by atoms with van der Waals surface area (Å²) in [5.41, 5.74) is -0.310. The zero-order chi connectivity index (χ0) is 13.7. The predicted octanol–water partition coefficient (Wildman–Crippen LogP) is 2.07. The van der Waals surface area contributed by atoms with Gasteiger partial charge in [-0.3, -0.25) is 0 Å². The lowest BCUT2D eigenvalue weighted by Crippen LogP contribution is -2.28. The molecule has 0 radical (unpaired) electrons. The minimum atomic E-state index is -0.354. The van der Waals surface area contributed by atoms with E-state index in [1.54, 1.807) is 18.2 Å². The summed E-state index contributed by atoms with van der Waals surface area (Å²) in [5, 5.41) is 0.774. The summed E-state index contributed by atoms with van der Waals surface area (Å²) in [5.74, 6) is 0. The van der Waals surface area contributed by atoms with E-state index >= 15 is 0 Å². The fourth-order valence-electron chi connectivity index (χ4n) is 2.45. The molecule has 0 saturated heterocycles. The molecule has 0 saturated carbocycles. The van der Waals surface area contributed by atoms with Gasteiger partial charge < -0.3 is 0 Å². The molecule has 0 amide bonds. The third-order valence-corrected chi connectivity index (χ3v) is 3.78. The standard InChI is InChI=1S/C12H11Cl2N3O2/c1-7-2-3-15-11(18)16(12(19)17(7)15)10-5-8(13)4-9(14)6-10/h4-7H,2-3H2,1H3. The summed E-state index contributed by atoms with van der Waals surface area (Å²) in [6, 6.07) is 4.69. The molecule has 1 aromatic carbocycles. The Morgan fingerprint density at radius 1 is 1.11 bits per heavy atom. The van der Waals surface area contributed by atoms with Gasteiger partial charge in [0.1, 0.15) is 0 Å². The molecule has 0 aliphatic carbocycles. The van der Waals surface area contributed by atoms with Crippen molar-refractivity contribution in [1.82, 2.24) is 13.9 Å². The van der Waals surface area contributed by atoms with Crippen LogP contribution >= 0.6 is 23.2 Å². The molecule has 0 bridgehead atoms. The highest BCUT2D eigenvalue weighted by molar-refractivity contribution is 6.34. The van der Waals surface area contributed by atoms with Crippen molar-refractivity contribution in [2.24, 2.45) is 0 Å². The Kier molecular flexibility index (Phi) is 2.83. The van der Waals surface area contributed by atoms with Crippen LogP contribution in [0.4, 0.5) is 0 Å². The Bertz CT molecular complexity index is 752. The molecule has 1 unspecified atom stereocenters. The maximum Gasteiger partial charge on any atom is 0.352 e. The highest BCUT2D eigenvalue weighted by Gasteiger charge is 2.26. The van der Waals surface area contributed by atoms with Gasteiger partial charge in [-0.25, -0.2) is 23.5 Å². The van der Waals surface area contributed by atoms with Gasteiger partial charge in [0.15, 0.2) is 0 Å². The van der Waals surface area contributed by atoms with E-state index in [2.05, 4.69) is 0 Å². The molecule has 3 rings (SSSR count). The van der Waals surface area contributed by atoms with E-state index in [-0.39, 0.29) is 17.4 Å². The predicted molar refractivity (Wildman–Crippen MR) is 73.6 cm³/mol. The molecule has 100 valence electrons. The van der Waals surface area contributed by atoms with Crippen molar-refractivity contribution in [1.29, 1.82) is 0 Å². The molecule has 1 aromatic heterocycles. The van der Waals surface area contributed by atoms with E-state index in [0.717, 1.165) is 11.0 Å². The Hall–Kier alpha value is -1.46. The fraction of sp³-hybridized carbons (Fsp3) is 0.333. The number of hydrogen-bond donors (Lipinski definition) is 0. The summed E-state index contributed by atoms with van der Waals surface area (Å²) in [4.78, 5) is 24.6. The lowest BCUT2D eigenvalue weighted by Gasteiger charge is -2.03. The van der Waals surface area contributed by atoms with Gasteiger partial charge in [-0.2, -0.15) is 0 Å². The van der Waals surface area contributed by atoms with E-state index < -0.39 is 0 Å². The Morgan fingerprint density at radius 2 is 1.74 bits per heavy atom. The molecule has 1 aliphatic rings. The largest absolute Gasteiger partial charge is 0.352 e. The van der Waals surface area contributed by atoms with Crippen LogP contribution in [0.2, 0.25) is 10.0 Å². The molecule has 2 heterocycles. The Morgan fingerprint density at radius 3 is 2.32 bits per heavy atom. The second-order valence-corrected chi connectivity index (χ2v) is 5.51. The first kappa shape index (κ1) is 12.6. The highest BCUT2D eigenvalue weighted by Crippen LogP contribution is 2.21. The summed E-state index contributed by atoms with van der Waals surface area (Å²) >= 11 is 11.8. The molecule has 0 fully saturated rings. The maximum atomic E-state index is 12.3. The van der Waals surface area contributed by atoms with Crippen LogP contribution in [0.15, 0.2) is 27.8 Å². The van der Waals surface area contributed by atoms with Crippen LogP contribution in [-0.2, 0) is 6.54 Å². The molecule has 1 atom stereocenters. The highest BCUT2D eigenvalue weighted by atomic mass is 35.5. The van der Waals surface area contributed by atoms with Gasteiger partial charge in [0.25, 0.3) is 0 Å². The van der Waals surface area contributed by atoms with Crippen LogP contribution in [0.3, 0.4) is 0 Å². The van der Waals surface area contributed by atoms with Gasteiger partial charge in [0, 0.05) is 16.6 Å². The zero-order valence-corrected chi connectivity index (χ0v) is 11.6. The van der Waals surface area contributed by atoms with E-state index in [4.69, 9.17) is 23.2 Å². The SMILES string of the molecule is CC1CCn2c(=O)n(-c3cc(Cl)cc(Cl)c3)c(=O)n21. The summed E-state index contributed by atoms with van der Waals surface area (Å²) in [6.07, 6.45) is 0.793. The third kappa shape index (κ3) is 1.84. The molecule has 2 aromatic rings. The van der Waals surface area contributed by atoms with E-state index in [9.17, 15) is 9.59 Å². The molecule has 19 heavy (non-hydrogen) atoms. The van der Waals surface area contributed by atoms with Crippen molar-refractivity contribution in [3.63, 3.8) is 0 Å². The maximum absolute atomic E-state index is 12.3. The molecule has 7 heteroatoms. The van der Waals surface area contributed by atoms with Crippen LogP contribution < -0.4 is 11.4 Å². The molecular formula is C12H11Cl2N3O2. The normalized spacial score (nSPS) is 17.7. The van der Waals surface area contributed by atoms with Gasteiger partial charge in [-0.05, 0) is 31.5 Å². The van der Waals surface area contributed by atoms with Gasteiger partial charge in [-0.15, -0.1) is 0 Å². The lowest BCUT2D eigenvalue weighted by atomic mass is 10.3. The topological polar surface area (TPSA) is 48.9 Å². The number of hydrogen-bond acceptors (Lipinski definition) is 2. The molecular weight excluding hydrogens is 289 g/mol. The minimum absolute atomic E-state index is 0.0242. The molecule has 5 nitrogen and oxygen atoms in total. The van der Waals surface area contributed by atoms with E-state index in [1.807, 2.05) is 6.92 Å². The average molecular weight is 300 g/mol. The number of rotatable bonds is 1. The second kappa shape index (κ2) is 4.28. The van der Waals surface area contributed by atoms with Crippen molar-refractivity contribution < 1.29 is 0 Å². The van der Waals surface area contributed by atoms with Crippen molar-refractivity contribution in [2.45, 2.75) is 25.9 Å². The number of halogens is 2. The van der Waals surface area contributed by atoms with Gasteiger partial charge in [-0.1, -0.05) is 23.2 Å². The first-order valence-electron chi connectivity index (χ1n) is 5.90. The lowest BCUT2D eigenvalue weighted by molar-refractivity contribution is 0.505.